The molecule has 45 heavy (non-hydrogen) atoms. The number of nitrogens with zero attached hydrogens (tertiary/aromatic N) is 3. The molecule has 0 spiro atoms. The Bertz CT molecular complexity index is 2220. The van der Waals surface area contributed by atoms with E-state index in [2.05, 4.69) is 156 Å². The van der Waals surface area contributed by atoms with Crippen LogP contribution < -0.4 is 26.2 Å². The summed E-state index contributed by atoms with van der Waals surface area (Å²) in [5.41, 5.74) is 13.4. The molecule has 0 saturated heterocycles. The Hall–Kier alpha value is -5.35. The number of benzene rings is 6. The predicted octanol–water partition coefficient (Wildman–Crippen LogP) is 8.81. The van der Waals surface area contributed by atoms with Crippen molar-refractivity contribution in [2.24, 2.45) is 0 Å². The van der Waals surface area contributed by atoms with E-state index in [1.807, 2.05) is 0 Å². The monoisotopic (exact) mass is 577 g/mol. The van der Waals surface area contributed by atoms with Gasteiger partial charge in [0, 0.05) is 44.9 Å². The third-order valence-electron chi connectivity index (χ3n) is 9.59. The van der Waals surface area contributed by atoms with E-state index in [4.69, 9.17) is 4.98 Å². The summed E-state index contributed by atoms with van der Waals surface area (Å²) in [7, 11) is 0. The maximum Gasteiger partial charge on any atom is 0.252 e. The summed E-state index contributed by atoms with van der Waals surface area (Å²) in [6, 6.07) is 50.9. The van der Waals surface area contributed by atoms with Crippen LogP contribution in [0.2, 0.25) is 0 Å². The summed E-state index contributed by atoms with van der Waals surface area (Å²) in [5, 5.41) is 3.72. The molecule has 7 aromatic rings. The van der Waals surface area contributed by atoms with Crippen molar-refractivity contribution in [3.05, 3.63) is 145 Å². The SMILES string of the molecule is CCCCc1nc2c3c4c(cc2c2ccccc12)N(c1ccccc1)c1ccccc1B4c1ccccc1N3c1ccccc1. The van der Waals surface area contributed by atoms with Crippen molar-refractivity contribution in [2.75, 3.05) is 9.80 Å². The first-order valence-corrected chi connectivity index (χ1v) is 16.1. The Labute approximate surface area is 264 Å². The van der Waals surface area contributed by atoms with Gasteiger partial charge in [0.2, 0.25) is 0 Å². The lowest BCUT2D eigenvalue weighted by molar-refractivity contribution is 0.785. The zero-order valence-electron chi connectivity index (χ0n) is 25.3. The van der Waals surface area contributed by atoms with Crippen molar-refractivity contribution < 1.29 is 0 Å². The summed E-state index contributed by atoms with van der Waals surface area (Å²) >= 11 is 0. The van der Waals surface area contributed by atoms with E-state index in [-0.39, 0.29) is 6.71 Å². The van der Waals surface area contributed by atoms with E-state index in [0.717, 1.165) is 36.2 Å². The first-order chi connectivity index (χ1) is 22.3. The summed E-state index contributed by atoms with van der Waals surface area (Å²) < 4.78 is 0. The molecular formula is C41H32BN3. The van der Waals surface area contributed by atoms with Gasteiger partial charge < -0.3 is 9.80 Å². The van der Waals surface area contributed by atoms with Gasteiger partial charge in [0.15, 0.2) is 0 Å². The van der Waals surface area contributed by atoms with E-state index < -0.39 is 0 Å². The minimum absolute atomic E-state index is 0.0825. The molecule has 214 valence electrons. The number of aromatic nitrogens is 1. The van der Waals surface area contributed by atoms with Crippen LogP contribution in [-0.4, -0.2) is 11.7 Å². The van der Waals surface area contributed by atoms with E-state index in [1.54, 1.807) is 0 Å². The van der Waals surface area contributed by atoms with Gasteiger partial charge in [0.1, 0.15) is 0 Å². The highest BCUT2D eigenvalue weighted by atomic mass is 15.2. The van der Waals surface area contributed by atoms with E-state index in [9.17, 15) is 0 Å². The number of rotatable bonds is 5. The van der Waals surface area contributed by atoms with Crippen LogP contribution >= 0.6 is 0 Å². The molecule has 0 radical (unpaired) electrons. The zero-order valence-corrected chi connectivity index (χ0v) is 25.3. The fraction of sp³-hybridized carbons (Fsp3) is 0.0976. The van der Waals surface area contributed by atoms with Gasteiger partial charge in [0.25, 0.3) is 6.71 Å². The number of fused-ring (bicyclic) bond motifs is 8. The average molecular weight is 578 g/mol. The Morgan fingerprint density at radius 1 is 0.556 bits per heavy atom. The molecule has 0 fully saturated rings. The van der Waals surface area contributed by atoms with Gasteiger partial charge in [-0.05, 0) is 77.1 Å². The Balaban J connectivity index is 1.49. The zero-order chi connectivity index (χ0) is 29.9. The first-order valence-electron chi connectivity index (χ1n) is 16.1. The van der Waals surface area contributed by atoms with Gasteiger partial charge in [-0.25, -0.2) is 4.98 Å². The van der Waals surface area contributed by atoms with Crippen molar-refractivity contribution in [1.29, 1.82) is 0 Å². The third kappa shape index (κ3) is 3.88. The molecule has 4 heteroatoms. The molecule has 0 unspecified atom stereocenters. The molecule has 0 bridgehead atoms. The molecule has 1 aromatic heterocycles. The number of unbranched alkanes of at least 4 members (excludes halogenated alkanes) is 1. The lowest BCUT2D eigenvalue weighted by atomic mass is 9.33. The van der Waals surface area contributed by atoms with Crippen molar-refractivity contribution in [3.8, 4) is 0 Å². The van der Waals surface area contributed by atoms with Gasteiger partial charge in [0.05, 0.1) is 11.2 Å². The topological polar surface area (TPSA) is 19.4 Å². The maximum absolute atomic E-state index is 5.63. The fourth-order valence-electron chi connectivity index (χ4n) is 7.67. The second-order valence-electron chi connectivity index (χ2n) is 12.2. The predicted molar refractivity (Wildman–Crippen MR) is 192 cm³/mol. The smallest absolute Gasteiger partial charge is 0.252 e. The van der Waals surface area contributed by atoms with Gasteiger partial charge in [-0.3, -0.25) is 0 Å². The van der Waals surface area contributed by atoms with Crippen LogP contribution in [0.1, 0.15) is 25.5 Å². The average Bonchev–Trinajstić information content (AvgIpc) is 3.11. The van der Waals surface area contributed by atoms with Crippen LogP contribution in [0.5, 0.6) is 0 Å². The van der Waals surface area contributed by atoms with Crippen LogP contribution in [0.3, 0.4) is 0 Å². The Kier molecular flexibility index (Phi) is 6.02. The number of para-hydroxylation sites is 4. The molecule has 0 N–H and O–H groups in total. The van der Waals surface area contributed by atoms with E-state index in [0.29, 0.717) is 0 Å². The summed E-state index contributed by atoms with van der Waals surface area (Å²) in [6.07, 6.45) is 3.22. The normalized spacial score (nSPS) is 13.1. The summed E-state index contributed by atoms with van der Waals surface area (Å²) in [6.45, 7) is 2.34. The molecule has 2 aliphatic heterocycles. The minimum Gasteiger partial charge on any atom is -0.311 e. The quantitative estimate of drug-likeness (QED) is 0.151. The number of hydrogen-bond donors (Lipinski definition) is 0. The Morgan fingerprint density at radius 3 is 1.78 bits per heavy atom. The third-order valence-corrected chi connectivity index (χ3v) is 9.59. The molecule has 3 heterocycles. The maximum atomic E-state index is 5.63. The summed E-state index contributed by atoms with van der Waals surface area (Å²) in [5.74, 6) is 0. The summed E-state index contributed by atoms with van der Waals surface area (Å²) in [4.78, 5) is 10.6. The van der Waals surface area contributed by atoms with Crippen molar-refractivity contribution in [3.63, 3.8) is 0 Å². The molecule has 3 nitrogen and oxygen atoms in total. The molecule has 2 aliphatic rings. The highest BCUT2D eigenvalue weighted by Crippen LogP contribution is 2.47. The minimum atomic E-state index is 0.0825. The van der Waals surface area contributed by atoms with Gasteiger partial charge in [-0.1, -0.05) is 110 Å². The number of aryl methyl sites for hydroxylation is 1. The number of pyridine rings is 1. The molecule has 0 amide bonds. The Morgan fingerprint density at radius 2 is 1.11 bits per heavy atom. The molecule has 9 rings (SSSR count). The molecule has 0 atom stereocenters. The largest absolute Gasteiger partial charge is 0.311 e. The number of hydrogen-bond acceptors (Lipinski definition) is 3. The van der Waals surface area contributed by atoms with Crippen LogP contribution in [0.4, 0.5) is 34.1 Å². The highest BCUT2D eigenvalue weighted by molar-refractivity contribution is 7.00. The van der Waals surface area contributed by atoms with Crippen LogP contribution in [0, 0.1) is 0 Å². The van der Waals surface area contributed by atoms with Gasteiger partial charge in [-0.2, -0.15) is 0 Å². The molecule has 6 aromatic carbocycles. The highest BCUT2D eigenvalue weighted by Gasteiger charge is 2.44. The number of anilines is 6. The fourth-order valence-corrected chi connectivity index (χ4v) is 7.67. The second-order valence-corrected chi connectivity index (χ2v) is 12.2. The standard InChI is InChI=1S/C41H32BN3/c1-2-3-24-35-31-21-11-10-20-30(31)32-27-38-39-41(40(32)43-35)45(29-18-8-5-9-19-29)37-26-15-13-23-34(37)42(39)33-22-12-14-25-36(33)44(38)28-16-6-4-7-17-28/h4-23,25-27H,2-3,24H2,1H3. The van der Waals surface area contributed by atoms with Crippen molar-refractivity contribution in [2.45, 2.75) is 26.2 Å². The molecule has 0 saturated carbocycles. The van der Waals surface area contributed by atoms with Crippen molar-refractivity contribution >= 4 is 78.9 Å². The molecular weight excluding hydrogens is 545 g/mol. The van der Waals surface area contributed by atoms with Gasteiger partial charge >= 0.3 is 0 Å². The lowest BCUT2D eigenvalue weighted by Gasteiger charge is -2.44. The van der Waals surface area contributed by atoms with E-state index in [1.165, 1.54) is 61.0 Å². The van der Waals surface area contributed by atoms with E-state index >= 15 is 0 Å². The van der Waals surface area contributed by atoms with Crippen LogP contribution in [0.15, 0.2) is 140 Å². The van der Waals surface area contributed by atoms with Gasteiger partial charge in [-0.15, -0.1) is 0 Å². The van der Waals surface area contributed by atoms with Crippen molar-refractivity contribution in [1.82, 2.24) is 4.98 Å². The first kappa shape index (κ1) is 26.1. The van der Waals surface area contributed by atoms with Crippen LogP contribution in [-0.2, 0) is 6.42 Å². The lowest BCUT2D eigenvalue weighted by Crippen LogP contribution is -2.61. The second kappa shape index (κ2) is 10.4. The molecule has 0 aliphatic carbocycles. The van der Waals surface area contributed by atoms with Crippen LogP contribution in [0.25, 0.3) is 21.7 Å².